The van der Waals surface area contributed by atoms with E-state index in [9.17, 15) is 8.78 Å². The van der Waals surface area contributed by atoms with Gasteiger partial charge in [0.25, 0.3) is 0 Å². The quantitative estimate of drug-likeness (QED) is 0.636. The van der Waals surface area contributed by atoms with Gasteiger partial charge in [-0.25, -0.2) is 8.78 Å². The zero-order valence-electron chi connectivity index (χ0n) is 11.4. The fourth-order valence-electron chi connectivity index (χ4n) is 2.10. The van der Waals surface area contributed by atoms with Gasteiger partial charge in [-0.3, -0.25) is 11.3 Å². The van der Waals surface area contributed by atoms with E-state index in [1.54, 1.807) is 24.3 Å². The third-order valence-corrected chi connectivity index (χ3v) is 4.13. The zero-order chi connectivity index (χ0) is 15.4. The van der Waals surface area contributed by atoms with Crippen molar-refractivity contribution < 1.29 is 13.5 Å². The normalized spacial score (nSPS) is 12.2. The number of nitrogens with two attached hydrogens (primary N) is 1. The predicted octanol–water partition coefficient (Wildman–Crippen LogP) is 3.48. The molecule has 0 spiro atoms. The van der Waals surface area contributed by atoms with Gasteiger partial charge in [0, 0.05) is 11.6 Å². The first-order chi connectivity index (χ1) is 10.1. The van der Waals surface area contributed by atoms with E-state index in [4.69, 9.17) is 10.6 Å². The van der Waals surface area contributed by atoms with Crippen LogP contribution in [0, 0.1) is 11.6 Å². The minimum absolute atomic E-state index is 0.345. The molecule has 0 fully saturated rings. The molecule has 112 valence electrons. The second kappa shape index (κ2) is 6.98. The Kier molecular flexibility index (Phi) is 5.27. The van der Waals surface area contributed by atoms with Crippen LogP contribution >= 0.6 is 15.9 Å². The number of methoxy groups -OCH3 is 1. The van der Waals surface area contributed by atoms with Crippen molar-refractivity contribution in [2.75, 3.05) is 7.11 Å². The van der Waals surface area contributed by atoms with Crippen LogP contribution in [0.3, 0.4) is 0 Å². The lowest BCUT2D eigenvalue weighted by Gasteiger charge is -2.18. The smallest absolute Gasteiger partial charge is 0.137 e. The molecule has 0 heterocycles. The Morgan fingerprint density at radius 1 is 1.24 bits per heavy atom. The molecule has 3 N–H and O–H groups in total. The third-order valence-electron chi connectivity index (χ3n) is 3.24. The van der Waals surface area contributed by atoms with Crippen molar-refractivity contribution in [3.8, 4) is 5.75 Å². The van der Waals surface area contributed by atoms with Crippen molar-refractivity contribution >= 4 is 15.9 Å². The Labute approximate surface area is 130 Å². The van der Waals surface area contributed by atoms with E-state index in [-0.39, 0.29) is 5.82 Å². The summed E-state index contributed by atoms with van der Waals surface area (Å²) in [6.07, 6.45) is 0.345. The molecule has 0 aliphatic heterocycles. The van der Waals surface area contributed by atoms with Crippen molar-refractivity contribution in [2.24, 2.45) is 5.84 Å². The first-order valence-electron chi connectivity index (χ1n) is 6.29. The molecule has 0 aromatic heterocycles. The van der Waals surface area contributed by atoms with Gasteiger partial charge in [0.05, 0.1) is 17.6 Å². The molecule has 0 bridgehead atoms. The van der Waals surface area contributed by atoms with Gasteiger partial charge in [-0.05, 0) is 40.0 Å². The lowest BCUT2D eigenvalue weighted by atomic mass is 9.98. The van der Waals surface area contributed by atoms with E-state index in [1.165, 1.54) is 19.2 Å². The van der Waals surface area contributed by atoms with Gasteiger partial charge in [-0.1, -0.05) is 18.2 Å². The fraction of sp³-hybridized carbons (Fsp3) is 0.200. The summed E-state index contributed by atoms with van der Waals surface area (Å²) < 4.78 is 32.9. The molecule has 2 rings (SSSR count). The summed E-state index contributed by atoms with van der Waals surface area (Å²) in [6, 6.07) is 8.79. The molecule has 3 nitrogen and oxygen atoms in total. The molecule has 0 aliphatic rings. The van der Waals surface area contributed by atoms with E-state index in [0.29, 0.717) is 27.8 Å². The molecule has 0 amide bonds. The van der Waals surface area contributed by atoms with Crippen LogP contribution in [-0.4, -0.2) is 7.11 Å². The average molecular weight is 357 g/mol. The summed E-state index contributed by atoms with van der Waals surface area (Å²) in [4.78, 5) is 0. The molecule has 0 radical (unpaired) electrons. The van der Waals surface area contributed by atoms with Crippen LogP contribution in [0.5, 0.6) is 5.75 Å². The Morgan fingerprint density at radius 3 is 2.62 bits per heavy atom. The van der Waals surface area contributed by atoms with Crippen LogP contribution < -0.4 is 16.0 Å². The van der Waals surface area contributed by atoms with Crippen molar-refractivity contribution in [3.05, 3.63) is 63.6 Å². The maximum absolute atomic E-state index is 14.1. The topological polar surface area (TPSA) is 47.3 Å². The number of ether oxygens (including phenoxy) is 1. The highest BCUT2D eigenvalue weighted by molar-refractivity contribution is 9.10. The monoisotopic (exact) mass is 356 g/mol. The summed E-state index contributed by atoms with van der Waals surface area (Å²) in [5.74, 6) is 5.16. The molecule has 21 heavy (non-hydrogen) atoms. The highest BCUT2D eigenvalue weighted by Gasteiger charge is 2.18. The van der Waals surface area contributed by atoms with Crippen molar-refractivity contribution in [1.82, 2.24) is 5.43 Å². The number of rotatable bonds is 5. The summed E-state index contributed by atoms with van der Waals surface area (Å²) in [5, 5.41) is 0. The Hall–Kier alpha value is -1.50. The van der Waals surface area contributed by atoms with Crippen molar-refractivity contribution in [2.45, 2.75) is 12.5 Å². The van der Waals surface area contributed by atoms with Gasteiger partial charge in [-0.2, -0.15) is 0 Å². The number of benzene rings is 2. The number of halogens is 3. The second-order valence-electron chi connectivity index (χ2n) is 4.52. The van der Waals surface area contributed by atoms with Gasteiger partial charge >= 0.3 is 0 Å². The number of hydrazine groups is 1. The molecular weight excluding hydrogens is 342 g/mol. The maximum Gasteiger partial charge on any atom is 0.137 e. The third kappa shape index (κ3) is 3.58. The maximum atomic E-state index is 14.1. The zero-order valence-corrected chi connectivity index (χ0v) is 13.0. The highest BCUT2D eigenvalue weighted by Crippen LogP contribution is 2.28. The molecule has 0 aliphatic carbocycles. The van der Waals surface area contributed by atoms with Crippen LogP contribution in [0.4, 0.5) is 8.78 Å². The van der Waals surface area contributed by atoms with Gasteiger partial charge in [0.1, 0.15) is 17.4 Å². The summed E-state index contributed by atoms with van der Waals surface area (Å²) in [6.45, 7) is 0. The molecule has 1 atom stereocenters. The molecular formula is C15H15BrF2N2O. The minimum atomic E-state index is -0.478. The van der Waals surface area contributed by atoms with E-state index in [0.717, 1.165) is 0 Å². The Balaban J connectivity index is 2.30. The van der Waals surface area contributed by atoms with Gasteiger partial charge in [0.2, 0.25) is 0 Å². The highest BCUT2D eigenvalue weighted by atomic mass is 79.9. The van der Waals surface area contributed by atoms with Crippen LogP contribution in [0.2, 0.25) is 0 Å². The number of hydrogen-bond acceptors (Lipinski definition) is 3. The van der Waals surface area contributed by atoms with Crippen molar-refractivity contribution in [1.29, 1.82) is 0 Å². The standard InChI is InChI=1S/C15H15BrF2N2O/c1-21-10-5-6-11(13(18)8-10)14(20-19)7-9-3-2-4-12(17)15(9)16/h2-6,8,14,20H,7,19H2,1H3. The van der Waals surface area contributed by atoms with Crippen LogP contribution in [0.1, 0.15) is 17.2 Å². The lowest BCUT2D eigenvalue weighted by Crippen LogP contribution is -2.30. The first-order valence-corrected chi connectivity index (χ1v) is 7.08. The Bertz CT molecular complexity index is 637. The fourth-order valence-corrected chi connectivity index (χ4v) is 2.53. The van der Waals surface area contributed by atoms with Crippen LogP contribution in [0.25, 0.3) is 0 Å². The van der Waals surface area contributed by atoms with E-state index in [2.05, 4.69) is 21.4 Å². The molecule has 1 unspecified atom stereocenters. The molecule has 6 heteroatoms. The number of hydrogen-bond donors (Lipinski definition) is 2. The largest absolute Gasteiger partial charge is 0.497 e. The van der Waals surface area contributed by atoms with Gasteiger partial charge in [-0.15, -0.1) is 0 Å². The predicted molar refractivity (Wildman–Crippen MR) is 80.8 cm³/mol. The molecule has 0 saturated carbocycles. The van der Waals surface area contributed by atoms with Gasteiger partial charge in [0.15, 0.2) is 0 Å². The summed E-state index contributed by atoms with van der Waals surface area (Å²) in [7, 11) is 1.47. The molecule has 2 aromatic carbocycles. The summed E-state index contributed by atoms with van der Waals surface area (Å²) >= 11 is 3.19. The minimum Gasteiger partial charge on any atom is -0.497 e. The van der Waals surface area contributed by atoms with Crippen LogP contribution in [-0.2, 0) is 6.42 Å². The van der Waals surface area contributed by atoms with E-state index >= 15 is 0 Å². The summed E-state index contributed by atoms with van der Waals surface area (Å²) in [5.41, 5.74) is 3.67. The molecule has 2 aromatic rings. The van der Waals surface area contributed by atoms with Gasteiger partial charge < -0.3 is 4.74 Å². The van der Waals surface area contributed by atoms with Crippen LogP contribution in [0.15, 0.2) is 40.9 Å². The Morgan fingerprint density at radius 2 is 2.00 bits per heavy atom. The van der Waals surface area contributed by atoms with E-state index < -0.39 is 11.9 Å². The number of nitrogens with one attached hydrogen (secondary N) is 1. The SMILES string of the molecule is COc1ccc(C(Cc2cccc(F)c2Br)NN)c(F)c1. The lowest BCUT2D eigenvalue weighted by molar-refractivity contribution is 0.409. The molecule has 0 saturated heterocycles. The van der Waals surface area contributed by atoms with Crippen molar-refractivity contribution in [3.63, 3.8) is 0 Å². The first kappa shape index (κ1) is 15.9. The average Bonchev–Trinajstić information content (AvgIpc) is 2.49. The second-order valence-corrected chi connectivity index (χ2v) is 5.32. The van der Waals surface area contributed by atoms with E-state index in [1.807, 2.05) is 0 Å².